The highest BCUT2D eigenvalue weighted by molar-refractivity contribution is 7.80. The van der Waals surface area contributed by atoms with Crippen LogP contribution in [0.1, 0.15) is 0 Å². The maximum Gasteiger partial charge on any atom is 0.185 e. The molecule has 6 nitrogen and oxygen atoms in total. The Morgan fingerprint density at radius 3 is 2.45 bits per heavy atom. The van der Waals surface area contributed by atoms with Gasteiger partial charge in [-0.3, -0.25) is 5.43 Å². The fourth-order valence-electron chi connectivity index (χ4n) is 2.25. The van der Waals surface area contributed by atoms with Crippen molar-refractivity contribution in [2.75, 3.05) is 52.8 Å². The molecule has 2 rings (SSSR count). The molecule has 0 spiro atoms. The Labute approximate surface area is 141 Å². The third-order valence-corrected chi connectivity index (χ3v) is 4.09. The van der Waals surface area contributed by atoms with Gasteiger partial charge in [-0.1, -0.05) is 11.6 Å². The van der Waals surface area contributed by atoms with E-state index in [1.165, 1.54) is 4.90 Å². The van der Waals surface area contributed by atoms with Gasteiger partial charge in [0.15, 0.2) is 5.11 Å². The highest BCUT2D eigenvalue weighted by Crippen LogP contribution is 2.35. The molecule has 1 fully saturated rings. The molecule has 0 saturated carbocycles. The number of nitrogens with zero attached hydrogens (tertiary/aromatic N) is 1. The molecule has 22 heavy (non-hydrogen) atoms. The Bertz CT molecular complexity index is 536. The number of halogens is 1. The van der Waals surface area contributed by atoms with Crippen LogP contribution in [0.4, 0.5) is 5.69 Å². The highest BCUT2D eigenvalue weighted by Gasteiger charge is 2.18. The standard InChI is InChI=1S/C14H21ClN4O2S/c1-18-4-6-19(7-5-18)17-14(22)16-11-9-12(20-2)10(15)8-13(11)21-3/h8-9H,4-7H2,1-3H3,(H2,16,17,22)/p+1. The van der Waals surface area contributed by atoms with E-state index in [0.717, 1.165) is 26.2 Å². The van der Waals surface area contributed by atoms with Crippen molar-refractivity contribution in [2.24, 2.45) is 0 Å². The van der Waals surface area contributed by atoms with E-state index in [4.69, 9.17) is 33.3 Å². The number of benzene rings is 1. The van der Waals surface area contributed by atoms with Crippen LogP contribution in [0.2, 0.25) is 5.02 Å². The first-order chi connectivity index (χ1) is 10.5. The van der Waals surface area contributed by atoms with E-state index in [1.54, 1.807) is 26.4 Å². The molecule has 122 valence electrons. The van der Waals surface area contributed by atoms with Crippen LogP contribution in [0.3, 0.4) is 0 Å². The zero-order chi connectivity index (χ0) is 16.1. The summed E-state index contributed by atoms with van der Waals surface area (Å²) in [6, 6.07) is 3.47. The highest BCUT2D eigenvalue weighted by atomic mass is 35.5. The van der Waals surface area contributed by atoms with Gasteiger partial charge in [0.05, 0.1) is 58.2 Å². The predicted molar refractivity (Wildman–Crippen MR) is 92.1 cm³/mol. The van der Waals surface area contributed by atoms with Gasteiger partial charge in [0.2, 0.25) is 0 Å². The zero-order valence-corrected chi connectivity index (χ0v) is 14.6. The first-order valence-corrected chi connectivity index (χ1v) is 7.87. The van der Waals surface area contributed by atoms with Crippen molar-refractivity contribution in [1.29, 1.82) is 0 Å². The van der Waals surface area contributed by atoms with E-state index >= 15 is 0 Å². The van der Waals surface area contributed by atoms with Crippen molar-refractivity contribution >= 4 is 34.6 Å². The molecule has 1 aromatic rings. The lowest BCUT2D eigenvalue weighted by Crippen LogP contribution is -3.12. The Balaban J connectivity index is 2.01. The van der Waals surface area contributed by atoms with Crippen molar-refractivity contribution < 1.29 is 14.4 Å². The van der Waals surface area contributed by atoms with E-state index in [-0.39, 0.29) is 0 Å². The molecule has 0 bridgehead atoms. The molecule has 8 heteroatoms. The van der Waals surface area contributed by atoms with Crippen molar-refractivity contribution in [3.63, 3.8) is 0 Å². The van der Waals surface area contributed by atoms with Gasteiger partial charge in [0, 0.05) is 12.1 Å². The van der Waals surface area contributed by atoms with Crippen LogP contribution >= 0.6 is 23.8 Å². The summed E-state index contributed by atoms with van der Waals surface area (Å²) in [5.41, 5.74) is 3.91. The number of thiocarbonyl (C=S) groups is 1. The lowest BCUT2D eigenvalue weighted by molar-refractivity contribution is -0.884. The Kier molecular flexibility index (Phi) is 6.07. The van der Waals surface area contributed by atoms with Crippen molar-refractivity contribution in [1.82, 2.24) is 10.4 Å². The average Bonchev–Trinajstić information content (AvgIpc) is 2.50. The number of nitrogens with one attached hydrogen (secondary N) is 3. The van der Waals surface area contributed by atoms with Crippen molar-refractivity contribution in [3.8, 4) is 11.5 Å². The minimum absolute atomic E-state index is 0.492. The van der Waals surface area contributed by atoms with E-state index in [0.29, 0.717) is 27.3 Å². The smallest absolute Gasteiger partial charge is 0.185 e. The van der Waals surface area contributed by atoms with Gasteiger partial charge in [-0.15, -0.1) is 0 Å². The van der Waals surface area contributed by atoms with E-state index in [9.17, 15) is 0 Å². The fraction of sp³-hybridized carbons (Fsp3) is 0.500. The van der Waals surface area contributed by atoms with Gasteiger partial charge in [-0.2, -0.15) is 0 Å². The molecule has 3 N–H and O–H groups in total. The third-order valence-electron chi connectivity index (χ3n) is 3.60. The van der Waals surface area contributed by atoms with Gasteiger partial charge >= 0.3 is 0 Å². The first kappa shape index (κ1) is 17.1. The molecule has 0 radical (unpaired) electrons. The number of anilines is 1. The molecule has 1 aromatic carbocycles. The van der Waals surface area contributed by atoms with E-state index in [1.807, 2.05) is 0 Å². The van der Waals surface area contributed by atoms with Gasteiger partial charge in [0.1, 0.15) is 11.5 Å². The first-order valence-electron chi connectivity index (χ1n) is 7.09. The summed E-state index contributed by atoms with van der Waals surface area (Å²) in [5, 5.41) is 6.25. The molecule has 0 aromatic heterocycles. The fourth-order valence-corrected chi connectivity index (χ4v) is 2.72. The topological polar surface area (TPSA) is 50.2 Å². The second kappa shape index (κ2) is 7.82. The van der Waals surface area contributed by atoms with Crippen LogP contribution < -0.4 is 25.1 Å². The monoisotopic (exact) mass is 345 g/mol. The second-order valence-electron chi connectivity index (χ2n) is 5.20. The number of methoxy groups -OCH3 is 2. The Hall–Kier alpha value is -1.28. The summed E-state index contributed by atoms with van der Waals surface area (Å²) in [7, 11) is 5.35. The minimum Gasteiger partial charge on any atom is -0.495 e. The van der Waals surface area contributed by atoms with Crippen LogP contribution in [0, 0.1) is 0 Å². The predicted octanol–water partition coefficient (Wildman–Crippen LogP) is 0.389. The molecule has 1 heterocycles. The maximum atomic E-state index is 6.09. The molecule has 0 atom stereocenters. The van der Waals surface area contributed by atoms with Gasteiger partial charge in [-0.05, 0) is 12.2 Å². The quantitative estimate of drug-likeness (QED) is 0.686. The number of rotatable bonds is 4. The molecular formula is C14H22ClN4O2S+. The third kappa shape index (κ3) is 4.36. The summed E-state index contributed by atoms with van der Waals surface area (Å²) in [4.78, 5) is 1.53. The minimum atomic E-state index is 0.492. The van der Waals surface area contributed by atoms with Gasteiger partial charge in [-0.25, -0.2) is 5.01 Å². The SMILES string of the molecule is COc1cc(NC(=S)NN2CC[NH+](C)CC2)c(OC)cc1Cl. The number of hydrogen-bond acceptors (Lipinski definition) is 4. The number of ether oxygens (including phenoxy) is 2. The summed E-state index contributed by atoms with van der Waals surface area (Å²) in [6.45, 7) is 4.09. The Morgan fingerprint density at radius 2 is 1.86 bits per heavy atom. The second-order valence-corrected chi connectivity index (χ2v) is 6.01. The summed E-state index contributed by atoms with van der Waals surface area (Å²) in [6.07, 6.45) is 0. The number of piperazine rings is 1. The van der Waals surface area contributed by atoms with Crippen LogP contribution in [-0.2, 0) is 0 Å². The number of quaternary nitrogens is 1. The molecule has 0 unspecified atom stereocenters. The van der Waals surface area contributed by atoms with Crippen LogP contribution in [0.25, 0.3) is 0 Å². The molecule has 1 aliphatic rings. The van der Waals surface area contributed by atoms with Crippen LogP contribution in [0.15, 0.2) is 12.1 Å². The van der Waals surface area contributed by atoms with Gasteiger partial charge in [0.25, 0.3) is 0 Å². The molecule has 1 saturated heterocycles. The number of likely N-dealkylation sites (N-methyl/N-ethyl adjacent to an activating group) is 1. The normalized spacial score (nSPS) is 16.2. The van der Waals surface area contributed by atoms with Crippen molar-refractivity contribution in [3.05, 3.63) is 17.2 Å². The Morgan fingerprint density at radius 1 is 1.23 bits per heavy atom. The summed E-state index contributed by atoms with van der Waals surface area (Å²) < 4.78 is 10.5. The van der Waals surface area contributed by atoms with E-state index in [2.05, 4.69) is 22.8 Å². The zero-order valence-electron chi connectivity index (χ0n) is 13.0. The number of hydrogen-bond donors (Lipinski definition) is 3. The molecule has 0 aliphatic carbocycles. The lowest BCUT2D eigenvalue weighted by Gasteiger charge is -2.31. The summed E-state index contributed by atoms with van der Waals surface area (Å²) >= 11 is 11.5. The molecule has 1 aliphatic heterocycles. The van der Waals surface area contributed by atoms with Gasteiger partial charge < -0.3 is 19.7 Å². The maximum absolute atomic E-state index is 6.09. The summed E-state index contributed by atoms with van der Waals surface area (Å²) in [5.74, 6) is 1.17. The largest absolute Gasteiger partial charge is 0.495 e. The van der Waals surface area contributed by atoms with Crippen molar-refractivity contribution in [2.45, 2.75) is 0 Å². The molecule has 0 amide bonds. The lowest BCUT2D eigenvalue weighted by atomic mass is 10.2. The van der Waals surface area contributed by atoms with E-state index < -0.39 is 0 Å². The number of hydrazine groups is 1. The molecular weight excluding hydrogens is 324 g/mol. The van der Waals surface area contributed by atoms with Crippen LogP contribution in [-0.4, -0.2) is 57.6 Å². The average molecular weight is 346 g/mol. The van der Waals surface area contributed by atoms with Crippen LogP contribution in [0.5, 0.6) is 11.5 Å².